The maximum atomic E-state index is 12.2. The number of aryl methyl sites for hydroxylation is 1. The number of benzene rings is 2. The largest absolute Gasteiger partial charge is 0.480 e. The van der Waals surface area contributed by atoms with E-state index in [9.17, 15) is 19.5 Å². The Kier molecular flexibility index (Phi) is 4.52. The fourth-order valence-corrected chi connectivity index (χ4v) is 2.86. The van der Waals surface area contributed by atoms with Gasteiger partial charge in [0.2, 0.25) is 0 Å². The van der Waals surface area contributed by atoms with E-state index in [-0.39, 0.29) is 17.8 Å². The van der Waals surface area contributed by atoms with Crippen LogP contribution in [0.2, 0.25) is 0 Å². The van der Waals surface area contributed by atoms with Gasteiger partial charge in [0.15, 0.2) is 11.4 Å². The highest BCUT2D eigenvalue weighted by molar-refractivity contribution is 5.97. The predicted molar refractivity (Wildman–Crippen MR) is 91.9 cm³/mol. The molecule has 3 rings (SSSR count). The van der Waals surface area contributed by atoms with Crippen LogP contribution in [0.4, 0.5) is 0 Å². The second-order valence-electron chi connectivity index (χ2n) is 5.85. The summed E-state index contributed by atoms with van der Waals surface area (Å²) in [6.07, 6.45) is 0.769. The van der Waals surface area contributed by atoms with Gasteiger partial charge in [-0.1, -0.05) is 30.3 Å². The summed E-state index contributed by atoms with van der Waals surface area (Å²) in [5.41, 5.74) is 1.98. The Morgan fingerprint density at radius 3 is 2.52 bits per heavy atom. The molecule has 0 aliphatic heterocycles. The Morgan fingerprint density at radius 2 is 1.88 bits per heavy atom. The lowest BCUT2D eigenvalue weighted by Gasteiger charge is -2.13. The van der Waals surface area contributed by atoms with Crippen LogP contribution in [0.1, 0.15) is 35.3 Å². The third-order valence-corrected chi connectivity index (χ3v) is 4.17. The van der Waals surface area contributed by atoms with Crippen LogP contribution in [0.5, 0.6) is 0 Å². The molecule has 2 aromatic carbocycles. The maximum Gasteiger partial charge on any atom is 0.420 e. The monoisotopic (exact) mass is 339 g/mol. The fourth-order valence-electron chi connectivity index (χ4n) is 2.86. The molecule has 0 fully saturated rings. The molecule has 0 aliphatic rings. The summed E-state index contributed by atoms with van der Waals surface area (Å²) >= 11 is 0. The molecule has 128 valence electrons. The van der Waals surface area contributed by atoms with E-state index in [0.29, 0.717) is 17.5 Å². The Hall–Kier alpha value is -3.15. The minimum absolute atomic E-state index is 0.156. The van der Waals surface area contributed by atoms with Crippen molar-refractivity contribution in [2.75, 3.05) is 0 Å². The standard InChI is InChI=1S/C19H17NO5/c1-12(21)14-8-10-15-17(11-14)25-19(24)20(15)16(18(22)23)9-7-13-5-3-2-4-6-13/h2-6,8,10-11,16H,7,9H2,1H3,(H,22,23). The van der Waals surface area contributed by atoms with Gasteiger partial charge in [-0.15, -0.1) is 0 Å². The zero-order chi connectivity index (χ0) is 18.0. The molecule has 0 aliphatic carbocycles. The Bertz CT molecular complexity index is 984. The lowest BCUT2D eigenvalue weighted by atomic mass is 10.0. The zero-order valence-electron chi connectivity index (χ0n) is 13.6. The maximum absolute atomic E-state index is 12.2. The quantitative estimate of drug-likeness (QED) is 0.697. The number of oxazole rings is 1. The van der Waals surface area contributed by atoms with Gasteiger partial charge in [0.25, 0.3) is 0 Å². The number of ketones is 1. The second-order valence-corrected chi connectivity index (χ2v) is 5.85. The summed E-state index contributed by atoms with van der Waals surface area (Å²) in [5, 5.41) is 9.59. The zero-order valence-corrected chi connectivity index (χ0v) is 13.6. The third kappa shape index (κ3) is 3.38. The number of hydrogen-bond donors (Lipinski definition) is 1. The van der Waals surface area contributed by atoms with Gasteiger partial charge in [0, 0.05) is 5.56 Å². The van der Waals surface area contributed by atoms with Gasteiger partial charge < -0.3 is 9.52 Å². The first-order valence-electron chi connectivity index (χ1n) is 7.90. The minimum atomic E-state index is -1.10. The van der Waals surface area contributed by atoms with E-state index in [2.05, 4.69) is 0 Å². The first-order valence-corrected chi connectivity index (χ1v) is 7.90. The number of rotatable bonds is 6. The lowest BCUT2D eigenvalue weighted by Crippen LogP contribution is -2.27. The number of carboxylic acids is 1. The smallest absolute Gasteiger partial charge is 0.420 e. The molecule has 0 saturated heterocycles. The van der Waals surface area contributed by atoms with E-state index >= 15 is 0 Å². The van der Waals surface area contributed by atoms with Gasteiger partial charge in [-0.3, -0.25) is 9.36 Å². The van der Waals surface area contributed by atoms with Crippen molar-refractivity contribution >= 4 is 22.9 Å². The number of carbonyl (C=O) groups excluding carboxylic acids is 1. The molecule has 1 aromatic heterocycles. The molecule has 6 nitrogen and oxygen atoms in total. The average Bonchev–Trinajstić information content (AvgIpc) is 2.91. The van der Waals surface area contributed by atoms with Crippen LogP contribution in [0.25, 0.3) is 11.1 Å². The van der Waals surface area contributed by atoms with Crippen molar-refractivity contribution in [3.05, 3.63) is 70.2 Å². The Labute approximate surface area is 143 Å². The summed E-state index contributed by atoms with van der Waals surface area (Å²) in [5.74, 6) is -2.00. The summed E-state index contributed by atoms with van der Waals surface area (Å²) in [6, 6.07) is 13.0. The van der Waals surface area contributed by atoms with Gasteiger partial charge >= 0.3 is 11.7 Å². The SMILES string of the molecule is CC(=O)c1ccc2c(c1)oc(=O)n2C(CCc1ccccc1)C(=O)O. The second kappa shape index (κ2) is 6.76. The van der Waals surface area contributed by atoms with Gasteiger partial charge in [-0.05, 0) is 43.5 Å². The van der Waals surface area contributed by atoms with E-state index in [1.54, 1.807) is 12.1 Å². The summed E-state index contributed by atoms with van der Waals surface area (Å²) in [7, 11) is 0. The third-order valence-electron chi connectivity index (χ3n) is 4.17. The summed E-state index contributed by atoms with van der Waals surface area (Å²) < 4.78 is 6.31. The average molecular weight is 339 g/mol. The fraction of sp³-hybridized carbons (Fsp3) is 0.211. The number of carbonyl (C=O) groups is 2. The Balaban J connectivity index is 1.98. The number of hydrogen-bond acceptors (Lipinski definition) is 4. The van der Waals surface area contributed by atoms with E-state index in [0.717, 1.165) is 10.1 Å². The molecule has 0 bridgehead atoms. The highest BCUT2D eigenvalue weighted by Crippen LogP contribution is 2.22. The molecule has 1 atom stereocenters. The number of carboxylic acid groups (broad SMARTS) is 1. The topological polar surface area (TPSA) is 89.5 Å². The molecule has 0 amide bonds. The van der Waals surface area contributed by atoms with E-state index in [1.165, 1.54) is 13.0 Å². The molecular weight excluding hydrogens is 322 g/mol. The minimum Gasteiger partial charge on any atom is -0.480 e. The van der Waals surface area contributed by atoms with Crippen LogP contribution < -0.4 is 5.76 Å². The van der Waals surface area contributed by atoms with E-state index < -0.39 is 17.8 Å². The van der Waals surface area contributed by atoms with E-state index in [4.69, 9.17) is 4.42 Å². The molecule has 25 heavy (non-hydrogen) atoms. The van der Waals surface area contributed by atoms with Crippen LogP contribution >= 0.6 is 0 Å². The van der Waals surface area contributed by atoms with Gasteiger partial charge in [0.05, 0.1) is 5.52 Å². The molecular formula is C19H17NO5. The molecule has 6 heteroatoms. The first-order chi connectivity index (χ1) is 12.0. The van der Waals surface area contributed by atoms with Crippen molar-refractivity contribution in [2.24, 2.45) is 0 Å². The molecule has 1 heterocycles. The van der Waals surface area contributed by atoms with Crippen LogP contribution in [0.15, 0.2) is 57.7 Å². The van der Waals surface area contributed by atoms with Crippen LogP contribution in [0, 0.1) is 0 Å². The van der Waals surface area contributed by atoms with Crippen LogP contribution in [-0.4, -0.2) is 21.4 Å². The highest BCUT2D eigenvalue weighted by Gasteiger charge is 2.25. The van der Waals surface area contributed by atoms with Gasteiger partial charge in [-0.2, -0.15) is 0 Å². The van der Waals surface area contributed by atoms with Crippen molar-refractivity contribution in [3.8, 4) is 0 Å². The molecule has 3 aromatic rings. The van der Waals surface area contributed by atoms with Gasteiger partial charge in [0.1, 0.15) is 6.04 Å². The predicted octanol–water partition coefficient (Wildman–Crippen LogP) is 3.06. The van der Waals surface area contributed by atoms with Crippen molar-refractivity contribution < 1.29 is 19.1 Å². The van der Waals surface area contributed by atoms with Crippen LogP contribution in [0.3, 0.4) is 0 Å². The molecule has 0 saturated carbocycles. The number of fused-ring (bicyclic) bond motifs is 1. The van der Waals surface area contributed by atoms with Crippen molar-refractivity contribution in [2.45, 2.75) is 25.8 Å². The number of Topliss-reactive ketones (excluding diaryl/α,β-unsaturated/α-hetero) is 1. The molecule has 1 unspecified atom stereocenters. The van der Waals surface area contributed by atoms with E-state index in [1.807, 2.05) is 30.3 Å². The highest BCUT2D eigenvalue weighted by atomic mass is 16.4. The summed E-state index contributed by atoms with van der Waals surface area (Å²) in [4.78, 5) is 35.4. The van der Waals surface area contributed by atoms with Crippen molar-refractivity contribution in [1.29, 1.82) is 0 Å². The van der Waals surface area contributed by atoms with Crippen molar-refractivity contribution in [3.63, 3.8) is 0 Å². The number of aromatic nitrogens is 1. The van der Waals surface area contributed by atoms with Gasteiger partial charge in [-0.25, -0.2) is 9.59 Å². The lowest BCUT2D eigenvalue weighted by molar-refractivity contribution is -0.141. The number of aliphatic carboxylic acids is 1. The number of nitrogens with zero attached hydrogens (tertiary/aromatic N) is 1. The van der Waals surface area contributed by atoms with Crippen LogP contribution in [-0.2, 0) is 11.2 Å². The molecule has 0 spiro atoms. The Morgan fingerprint density at radius 1 is 1.16 bits per heavy atom. The normalized spacial score (nSPS) is 12.2. The van der Waals surface area contributed by atoms with Crippen molar-refractivity contribution in [1.82, 2.24) is 4.57 Å². The molecule has 1 N–H and O–H groups in total. The first kappa shape index (κ1) is 16.7. The molecule has 0 radical (unpaired) electrons. The summed E-state index contributed by atoms with van der Waals surface area (Å²) in [6.45, 7) is 1.41.